The molecule has 0 saturated heterocycles. The van der Waals surface area contributed by atoms with Gasteiger partial charge in [0.15, 0.2) is 0 Å². The van der Waals surface area contributed by atoms with Crippen LogP contribution < -0.4 is 10.5 Å². The molecule has 0 heterocycles. The van der Waals surface area contributed by atoms with Gasteiger partial charge in [-0.15, -0.1) is 0 Å². The number of likely N-dealkylation sites (N-methyl/N-ethyl adjacent to an activating group) is 1. The minimum Gasteiger partial charge on any atom is -0.497 e. The highest BCUT2D eigenvalue weighted by Crippen LogP contribution is 2.17. The Morgan fingerprint density at radius 3 is 2.75 bits per heavy atom. The van der Waals surface area contributed by atoms with Gasteiger partial charge in [0.1, 0.15) is 11.6 Å². The van der Waals surface area contributed by atoms with Crippen molar-refractivity contribution >= 4 is 17.2 Å². The number of ether oxygens (including phenoxy) is 1. The Kier molecular flexibility index (Phi) is 4.64. The second-order valence-electron chi connectivity index (χ2n) is 3.60. The van der Waals surface area contributed by atoms with E-state index in [0.29, 0.717) is 29.4 Å². The Bertz CT molecular complexity index is 384. The molecule has 16 heavy (non-hydrogen) atoms. The van der Waals surface area contributed by atoms with Gasteiger partial charge in [-0.25, -0.2) is 4.39 Å². The average Bonchev–Trinajstić information content (AvgIpc) is 2.19. The Labute approximate surface area is 100.0 Å². The maximum Gasteiger partial charge on any atom is 0.131 e. The van der Waals surface area contributed by atoms with Gasteiger partial charge in [-0.05, 0) is 13.1 Å². The van der Waals surface area contributed by atoms with E-state index in [1.807, 2.05) is 11.9 Å². The fraction of sp³-hybridized carbons (Fsp3) is 0.364. The molecule has 5 heteroatoms. The van der Waals surface area contributed by atoms with Gasteiger partial charge in [-0.2, -0.15) is 0 Å². The van der Waals surface area contributed by atoms with Crippen LogP contribution >= 0.6 is 12.2 Å². The number of methoxy groups -OCH3 is 1. The molecule has 0 radical (unpaired) electrons. The molecule has 0 atom stereocenters. The predicted octanol–water partition coefficient (Wildman–Crippen LogP) is 1.55. The van der Waals surface area contributed by atoms with E-state index in [1.54, 1.807) is 12.1 Å². The third-order valence-corrected chi connectivity index (χ3v) is 2.26. The molecule has 1 aromatic rings. The van der Waals surface area contributed by atoms with E-state index in [-0.39, 0.29) is 5.82 Å². The van der Waals surface area contributed by atoms with E-state index < -0.39 is 0 Å². The molecule has 0 bridgehead atoms. The Morgan fingerprint density at radius 2 is 2.25 bits per heavy atom. The average molecular weight is 242 g/mol. The lowest BCUT2D eigenvalue weighted by atomic mass is 10.2. The first-order valence-electron chi connectivity index (χ1n) is 4.82. The molecule has 0 unspecified atom stereocenters. The molecule has 1 rings (SSSR count). The number of halogens is 1. The summed E-state index contributed by atoms with van der Waals surface area (Å²) >= 11 is 4.78. The van der Waals surface area contributed by atoms with E-state index >= 15 is 0 Å². The van der Waals surface area contributed by atoms with Gasteiger partial charge in [-0.1, -0.05) is 18.3 Å². The highest BCUT2D eigenvalue weighted by molar-refractivity contribution is 7.80. The van der Waals surface area contributed by atoms with Crippen LogP contribution in [0.2, 0.25) is 0 Å². The third-order valence-electron chi connectivity index (χ3n) is 2.13. The van der Waals surface area contributed by atoms with Gasteiger partial charge in [-0.3, -0.25) is 4.90 Å². The zero-order valence-electron chi connectivity index (χ0n) is 9.37. The monoisotopic (exact) mass is 242 g/mol. The molecule has 0 aliphatic rings. The van der Waals surface area contributed by atoms with Crippen LogP contribution in [0.3, 0.4) is 0 Å². The SMILES string of the molecule is COc1ccc(CN(C)CC(N)=S)c(F)c1. The lowest BCUT2D eigenvalue weighted by molar-refractivity contribution is 0.364. The smallest absolute Gasteiger partial charge is 0.131 e. The molecule has 0 fully saturated rings. The third kappa shape index (κ3) is 3.75. The van der Waals surface area contributed by atoms with Crippen molar-refractivity contribution in [2.24, 2.45) is 5.73 Å². The van der Waals surface area contributed by atoms with Gasteiger partial charge in [0, 0.05) is 24.7 Å². The first-order chi connectivity index (χ1) is 7.52. The lowest BCUT2D eigenvalue weighted by Gasteiger charge is -2.16. The van der Waals surface area contributed by atoms with E-state index in [0.717, 1.165) is 0 Å². The number of rotatable bonds is 5. The maximum atomic E-state index is 13.6. The van der Waals surface area contributed by atoms with E-state index in [9.17, 15) is 4.39 Å². The van der Waals surface area contributed by atoms with E-state index in [2.05, 4.69) is 0 Å². The topological polar surface area (TPSA) is 38.5 Å². The van der Waals surface area contributed by atoms with E-state index in [1.165, 1.54) is 13.2 Å². The van der Waals surface area contributed by atoms with Crippen molar-refractivity contribution < 1.29 is 9.13 Å². The molecule has 0 amide bonds. The first kappa shape index (κ1) is 12.9. The van der Waals surface area contributed by atoms with Gasteiger partial charge in [0.2, 0.25) is 0 Å². The number of hydrogen-bond donors (Lipinski definition) is 1. The quantitative estimate of drug-likeness (QED) is 0.795. The number of benzene rings is 1. The standard InChI is InChI=1S/C11H15FN2OS/c1-14(7-11(13)16)6-8-3-4-9(15-2)5-10(8)12/h3-5H,6-7H2,1-2H3,(H2,13,16). The molecule has 0 saturated carbocycles. The number of nitrogens with two attached hydrogens (primary N) is 1. The molecule has 3 nitrogen and oxygen atoms in total. The summed E-state index contributed by atoms with van der Waals surface area (Å²) in [6.45, 7) is 0.938. The van der Waals surface area contributed by atoms with Gasteiger partial charge < -0.3 is 10.5 Å². The van der Waals surface area contributed by atoms with Crippen LogP contribution in [0.25, 0.3) is 0 Å². The summed E-state index contributed by atoms with van der Waals surface area (Å²) in [6.07, 6.45) is 0. The molecule has 88 valence electrons. The maximum absolute atomic E-state index is 13.6. The van der Waals surface area contributed by atoms with E-state index in [4.69, 9.17) is 22.7 Å². The Hall–Kier alpha value is -1.20. The molecule has 0 aliphatic heterocycles. The highest BCUT2D eigenvalue weighted by Gasteiger charge is 2.07. The minimum atomic E-state index is -0.283. The Morgan fingerprint density at radius 1 is 1.56 bits per heavy atom. The molecular formula is C11H15FN2OS. The second kappa shape index (κ2) is 5.77. The van der Waals surface area contributed by atoms with Gasteiger partial charge in [0.25, 0.3) is 0 Å². The zero-order valence-corrected chi connectivity index (χ0v) is 10.2. The van der Waals surface area contributed by atoms with Crippen molar-refractivity contribution in [2.45, 2.75) is 6.54 Å². The Balaban J connectivity index is 2.70. The first-order valence-corrected chi connectivity index (χ1v) is 5.23. The number of thiocarbonyl (C=S) groups is 1. The van der Waals surface area contributed by atoms with Crippen molar-refractivity contribution in [3.63, 3.8) is 0 Å². The summed E-state index contributed by atoms with van der Waals surface area (Å²) in [5.41, 5.74) is 6.00. The van der Waals surface area contributed by atoms with Crippen molar-refractivity contribution in [3.05, 3.63) is 29.6 Å². The highest BCUT2D eigenvalue weighted by atomic mass is 32.1. The van der Waals surface area contributed by atoms with Crippen LogP contribution in [0.5, 0.6) is 5.75 Å². The number of nitrogens with zero attached hydrogens (tertiary/aromatic N) is 1. The van der Waals surface area contributed by atoms with Crippen LogP contribution in [-0.2, 0) is 6.54 Å². The van der Waals surface area contributed by atoms with Crippen molar-refractivity contribution in [3.8, 4) is 5.75 Å². The van der Waals surface area contributed by atoms with Crippen molar-refractivity contribution in [1.82, 2.24) is 4.90 Å². The molecule has 0 aromatic heterocycles. The normalized spacial score (nSPS) is 10.5. The molecular weight excluding hydrogens is 227 g/mol. The number of hydrogen-bond acceptors (Lipinski definition) is 3. The summed E-state index contributed by atoms with van der Waals surface area (Å²) in [7, 11) is 3.34. The summed E-state index contributed by atoms with van der Waals surface area (Å²) in [6, 6.07) is 4.79. The summed E-state index contributed by atoms with van der Waals surface area (Å²) in [4.78, 5) is 2.25. The minimum absolute atomic E-state index is 0.283. The van der Waals surface area contributed by atoms with Crippen LogP contribution in [0.15, 0.2) is 18.2 Å². The second-order valence-corrected chi connectivity index (χ2v) is 4.12. The summed E-state index contributed by atoms with van der Waals surface area (Å²) in [5.74, 6) is 0.229. The van der Waals surface area contributed by atoms with Crippen LogP contribution in [-0.4, -0.2) is 30.6 Å². The zero-order chi connectivity index (χ0) is 12.1. The fourth-order valence-electron chi connectivity index (χ4n) is 1.40. The predicted molar refractivity (Wildman–Crippen MR) is 66.1 cm³/mol. The fourth-order valence-corrected chi connectivity index (χ4v) is 1.62. The summed E-state index contributed by atoms with van der Waals surface area (Å²) in [5, 5.41) is 0. The van der Waals surface area contributed by atoms with Crippen LogP contribution in [0.4, 0.5) is 4.39 Å². The van der Waals surface area contributed by atoms with Gasteiger partial charge >= 0.3 is 0 Å². The van der Waals surface area contributed by atoms with Gasteiger partial charge in [0.05, 0.1) is 12.1 Å². The van der Waals surface area contributed by atoms with Crippen molar-refractivity contribution in [1.29, 1.82) is 0 Å². The molecule has 2 N–H and O–H groups in total. The molecule has 0 aliphatic carbocycles. The lowest BCUT2D eigenvalue weighted by Crippen LogP contribution is -2.29. The van der Waals surface area contributed by atoms with Crippen LogP contribution in [0, 0.1) is 5.82 Å². The molecule has 0 spiro atoms. The summed E-state index contributed by atoms with van der Waals surface area (Å²) < 4.78 is 18.5. The van der Waals surface area contributed by atoms with Crippen molar-refractivity contribution in [2.75, 3.05) is 20.7 Å². The molecule has 1 aromatic carbocycles. The largest absolute Gasteiger partial charge is 0.497 e. The van der Waals surface area contributed by atoms with Crippen LogP contribution in [0.1, 0.15) is 5.56 Å².